The van der Waals surface area contributed by atoms with Crippen LogP contribution in [0.4, 0.5) is 5.82 Å². The van der Waals surface area contributed by atoms with Crippen LogP contribution in [-0.4, -0.2) is 21.2 Å². The summed E-state index contributed by atoms with van der Waals surface area (Å²) in [6, 6.07) is 1.80. The molecule has 0 bridgehead atoms. The lowest BCUT2D eigenvalue weighted by molar-refractivity contribution is -0.122. The third-order valence-corrected chi connectivity index (χ3v) is 3.40. The van der Waals surface area contributed by atoms with Crippen LogP contribution >= 0.6 is 0 Å². The van der Waals surface area contributed by atoms with E-state index in [-0.39, 0.29) is 5.91 Å². The van der Waals surface area contributed by atoms with Gasteiger partial charge in [0.1, 0.15) is 0 Å². The Morgan fingerprint density at radius 3 is 2.82 bits per heavy atom. The highest BCUT2D eigenvalue weighted by Gasteiger charge is 2.35. The number of hydrogen-bond donors (Lipinski definition) is 2. The van der Waals surface area contributed by atoms with E-state index in [1.807, 2.05) is 13.1 Å². The molecule has 1 heterocycles. The predicted molar refractivity (Wildman–Crippen MR) is 66.5 cm³/mol. The number of nitrogens with zero attached hydrogens (tertiary/aromatic N) is 2. The maximum atomic E-state index is 12.1. The van der Waals surface area contributed by atoms with Crippen molar-refractivity contribution in [3.05, 3.63) is 12.3 Å². The van der Waals surface area contributed by atoms with E-state index in [0.717, 1.165) is 32.2 Å². The molecule has 0 unspecified atom stereocenters. The summed E-state index contributed by atoms with van der Waals surface area (Å²) in [6.45, 7) is 2.80. The summed E-state index contributed by atoms with van der Waals surface area (Å²) in [5, 5.41) is 7.03. The van der Waals surface area contributed by atoms with Gasteiger partial charge in [0.15, 0.2) is 5.82 Å². The average Bonchev–Trinajstić information content (AvgIpc) is 2.78. The molecule has 1 fully saturated rings. The summed E-state index contributed by atoms with van der Waals surface area (Å²) in [5.74, 6) is 0.491. The zero-order chi connectivity index (χ0) is 12.3. The van der Waals surface area contributed by atoms with Crippen LogP contribution in [0.2, 0.25) is 0 Å². The molecule has 0 saturated heterocycles. The molecule has 17 heavy (non-hydrogen) atoms. The smallest absolute Gasteiger partial charge is 0.245 e. The lowest BCUT2D eigenvalue weighted by Crippen LogP contribution is -2.52. The van der Waals surface area contributed by atoms with Crippen LogP contribution in [0.25, 0.3) is 0 Å². The highest BCUT2D eigenvalue weighted by molar-refractivity contribution is 5.97. The molecule has 3 N–H and O–H groups in total. The number of hydrogen-bond acceptors (Lipinski definition) is 3. The van der Waals surface area contributed by atoms with Crippen LogP contribution in [0.5, 0.6) is 0 Å². The second-order valence-electron chi connectivity index (χ2n) is 4.73. The molecule has 0 spiro atoms. The largest absolute Gasteiger partial charge is 0.317 e. The Balaban J connectivity index is 2.00. The highest BCUT2D eigenvalue weighted by Crippen LogP contribution is 2.26. The van der Waals surface area contributed by atoms with E-state index in [9.17, 15) is 4.79 Å². The first kappa shape index (κ1) is 12.1. The lowest BCUT2D eigenvalue weighted by Gasteiger charge is -2.31. The molecule has 0 radical (unpaired) electrons. The SMILES string of the molecule is CCn1ccc(NC(=O)C2(N)CCCCC2)n1. The summed E-state index contributed by atoms with van der Waals surface area (Å²) in [4.78, 5) is 12.1. The number of aromatic nitrogens is 2. The number of anilines is 1. The number of aryl methyl sites for hydroxylation is 1. The predicted octanol–water partition coefficient (Wildman–Crippen LogP) is 1.50. The number of nitrogens with two attached hydrogens (primary N) is 1. The minimum absolute atomic E-state index is 0.0986. The fourth-order valence-electron chi connectivity index (χ4n) is 2.26. The monoisotopic (exact) mass is 236 g/mol. The molecule has 1 aromatic rings. The molecule has 5 nitrogen and oxygen atoms in total. The Hall–Kier alpha value is -1.36. The molecule has 94 valence electrons. The number of nitrogens with one attached hydrogen (secondary N) is 1. The van der Waals surface area contributed by atoms with Crippen LogP contribution in [0.1, 0.15) is 39.0 Å². The van der Waals surface area contributed by atoms with E-state index >= 15 is 0 Å². The minimum atomic E-state index is -0.700. The molecule has 2 rings (SSSR count). The third kappa shape index (κ3) is 2.66. The Labute approximate surface area is 101 Å². The maximum Gasteiger partial charge on any atom is 0.245 e. The first-order chi connectivity index (χ1) is 8.14. The Bertz CT molecular complexity index is 393. The molecule has 1 aliphatic rings. The second-order valence-corrected chi connectivity index (χ2v) is 4.73. The third-order valence-electron chi connectivity index (χ3n) is 3.40. The van der Waals surface area contributed by atoms with Crippen molar-refractivity contribution in [2.24, 2.45) is 5.73 Å². The number of carbonyl (C=O) groups excluding carboxylic acids is 1. The molecule has 5 heteroatoms. The topological polar surface area (TPSA) is 72.9 Å². The highest BCUT2D eigenvalue weighted by atomic mass is 16.2. The van der Waals surface area contributed by atoms with Gasteiger partial charge in [-0.1, -0.05) is 19.3 Å². The fourth-order valence-corrected chi connectivity index (χ4v) is 2.26. The van der Waals surface area contributed by atoms with E-state index in [1.54, 1.807) is 10.7 Å². The van der Waals surface area contributed by atoms with Gasteiger partial charge in [-0.25, -0.2) is 0 Å². The van der Waals surface area contributed by atoms with Crippen molar-refractivity contribution < 1.29 is 4.79 Å². The van der Waals surface area contributed by atoms with E-state index in [1.165, 1.54) is 6.42 Å². The summed E-state index contributed by atoms with van der Waals surface area (Å²) in [5.41, 5.74) is 5.44. The van der Waals surface area contributed by atoms with Gasteiger partial charge >= 0.3 is 0 Å². The molecule has 0 aromatic carbocycles. The minimum Gasteiger partial charge on any atom is -0.317 e. The quantitative estimate of drug-likeness (QED) is 0.835. The molecule has 1 aliphatic carbocycles. The normalized spacial score (nSPS) is 18.9. The molecule has 0 aliphatic heterocycles. The van der Waals surface area contributed by atoms with Crippen molar-refractivity contribution in [3.63, 3.8) is 0 Å². The van der Waals surface area contributed by atoms with Crippen LogP contribution < -0.4 is 11.1 Å². The van der Waals surface area contributed by atoms with Crippen LogP contribution in [0.15, 0.2) is 12.3 Å². The second kappa shape index (κ2) is 4.87. The number of carbonyl (C=O) groups is 1. The van der Waals surface area contributed by atoms with Gasteiger partial charge in [-0.2, -0.15) is 5.10 Å². The standard InChI is InChI=1S/C12H20N4O/c1-2-16-9-6-10(15-16)14-11(17)12(13)7-4-3-5-8-12/h6,9H,2-5,7-8,13H2,1H3,(H,14,15,17). The van der Waals surface area contributed by atoms with Crippen molar-refractivity contribution >= 4 is 11.7 Å². The molecule has 1 amide bonds. The van der Waals surface area contributed by atoms with Gasteiger partial charge in [-0.3, -0.25) is 9.48 Å². The van der Waals surface area contributed by atoms with Gasteiger partial charge in [-0.05, 0) is 19.8 Å². The number of rotatable bonds is 3. The zero-order valence-electron chi connectivity index (χ0n) is 10.3. The number of amides is 1. The van der Waals surface area contributed by atoms with Crippen molar-refractivity contribution in [3.8, 4) is 0 Å². The zero-order valence-corrected chi connectivity index (χ0v) is 10.3. The van der Waals surface area contributed by atoms with Crippen molar-refractivity contribution in [2.45, 2.75) is 51.1 Å². The Kier molecular flexibility index (Phi) is 3.47. The van der Waals surface area contributed by atoms with E-state index < -0.39 is 5.54 Å². The van der Waals surface area contributed by atoms with Crippen LogP contribution in [0, 0.1) is 0 Å². The van der Waals surface area contributed by atoms with Gasteiger partial charge in [0.05, 0.1) is 5.54 Å². The van der Waals surface area contributed by atoms with E-state index in [0.29, 0.717) is 5.82 Å². The Morgan fingerprint density at radius 2 is 2.24 bits per heavy atom. The first-order valence-electron chi connectivity index (χ1n) is 6.28. The van der Waals surface area contributed by atoms with Gasteiger partial charge < -0.3 is 11.1 Å². The molecular formula is C12H20N4O. The van der Waals surface area contributed by atoms with Crippen molar-refractivity contribution in [2.75, 3.05) is 5.32 Å². The van der Waals surface area contributed by atoms with Gasteiger partial charge in [-0.15, -0.1) is 0 Å². The average molecular weight is 236 g/mol. The van der Waals surface area contributed by atoms with Crippen LogP contribution in [0.3, 0.4) is 0 Å². The van der Waals surface area contributed by atoms with E-state index in [2.05, 4.69) is 10.4 Å². The molecule has 1 aromatic heterocycles. The van der Waals surface area contributed by atoms with Crippen molar-refractivity contribution in [1.82, 2.24) is 9.78 Å². The summed E-state index contributed by atoms with van der Waals surface area (Å²) in [6.07, 6.45) is 6.64. The van der Waals surface area contributed by atoms with Gasteiger partial charge in [0.25, 0.3) is 0 Å². The Morgan fingerprint density at radius 1 is 1.53 bits per heavy atom. The van der Waals surface area contributed by atoms with E-state index in [4.69, 9.17) is 5.73 Å². The summed E-state index contributed by atoms with van der Waals surface area (Å²) >= 11 is 0. The molecule has 0 atom stereocenters. The fraction of sp³-hybridized carbons (Fsp3) is 0.667. The van der Waals surface area contributed by atoms with Crippen LogP contribution in [-0.2, 0) is 11.3 Å². The van der Waals surface area contributed by atoms with Crippen molar-refractivity contribution in [1.29, 1.82) is 0 Å². The molecule has 1 saturated carbocycles. The maximum absolute atomic E-state index is 12.1. The lowest BCUT2D eigenvalue weighted by atomic mass is 9.82. The molecular weight excluding hydrogens is 216 g/mol. The van der Waals surface area contributed by atoms with Gasteiger partial charge in [0, 0.05) is 18.8 Å². The summed E-state index contributed by atoms with van der Waals surface area (Å²) < 4.78 is 1.78. The first-order valence-corrected chi connectivity index (χ1v) is 6.28. The summed E-state index contributed by atoms with van der Waals surface area (Å²) in [7, 11) is 0. The van der Waals surface area contributed by atoms with Gasteiger partial charge in [0.2, 0.25) is 5.91 Å².